The molecule has 0 aromatic carbocycles. The third-order valence-electron chi connectivity index (χ3n) is 1.41. The van der Waals surface area contributed by atoms with Gasteiger partial charge >= 0.3 is 0 Å². The quantitative estimate of drug-likeness (QED) is 0.675. The zero-order valence-electron chi connectivity index (χ0n) is 6.86. The molecule has 0 saturated carbocycles. The van der Waals surface area contributed by atoms with Gasteiger partial charge in [-0.2, -0.15) is 0 Å². The summed E-state index contributed by atoms with van der Waals surface area (Å²) in [5.74, 6) is 1.34. The molecule has 0 spiro atoms. The van der Waals surface area contributed by atoms with E-state index in [-0.39, 0.29) is 0 Å². The number of nitrogens with one attached hydrogen (secondary N) is 1. The molecule has 0 bridgehead atoms. The second kappa shape index (κ2) is 5.68. The van der Waals surface area contributed by atoms with Crippen LogP contribution in [-0.4, -0.2) is 17.4 Å². The molecule has 0 atom stereocenters. The van der Waals surface area contributed by atoms with E-state index in [9.17, 15) is 0 Å². The summed E-state index contributed by atoms with van der Waals surface area (Å²) in [5, 5.41) is 3.71. The lowest BCUT2D eigenvalue weighted by atomic mass is 10.4. The first kappa shape index (κ1) is 11.1. The molecule has 72 valence electrons. The van der Waals surface area contributed by atoms with Gasteiger partial charge in [0, 0.05) is 23.1 Å². The standard InChI is InChI=1S/C8H9BrCl2N2/c9-6-4-7(11)8(13-5-6)12-3-1-2-10/h4-5H,1-3H2,(H,12,13). The molecule has 1 N–H and O–H groups in total. The fraction of sp³-hybridized carbons (Fsp3) is 0.375. The molecule has 0 amide bonds. The van der Waals surface area contributed by atoms with Crippen molar-refractivity contribution < 1.29 is 0 Å². The lowest BCUT2D eigenvalue weighted by Gasteiger charge is -2.05. The topological polar surface area (TPSA) is 24.9 Å². The number of halogens is 3. The van der Waals surface area contributed by atoms with Gasteiger partial charge in [0.05, 0.1) is 5.02 Å². The molecule has 1 aromatic rings. The number of hydrogen-bond donors (Lipinski definition) is 1. The highest BCUT2D eigenvalue weighted by atomic mass is 79.9. The Labute approximate surface area is 95.8 Å². The molecule has 0 unspecified atom stereocenters. The smallest absolute Gasteiger partial charge is 0.144 e. The van der Waals surface area contributed by atoms with Gasteiger partial charge in [-0.25, -0.2) is 4.98 Å². The molecule has 0 aliphatic carbocycles. The van der Waals surface area contributed by atoms with Crippen molar-refractivity contribution in [1.29, 1.82) is 0 Å². The predicted molar refractivity (Wildman–Crippen MR) is 60.8 cm³/mol. The molecule has 0 fully saturated rings. The van der Waals surface area contributed by atoms with Gasteiger partial charge in [-0.3, -0.25) is 0 Å². The number of rotatable bonds is 4. The molecule has 0 saturated heterocycles. The Bertz CT molecular complexity index is 281. The molecule has 0 radical (unpaired) electrons. The van der Waals surface area contributed by atoms with Crippen molar-refractivity contribution >= 4 is 44.9 Å². The minimum absolute atomic E-state index is 0.615. The van der Waals surface area contributed by atoms with E-state index in [1.807, 2.05) is 0 Å². The van der Waals surface area contributed by atoms with Crippen molar-refractivity contribution in [3.05, 3.63) is 21.8 Å². The highest BCUT2D eigenvalue weighted by Crippen LogP contribution is 2.22. The summed E-state index contributed by atoms with van der Waals surface area (Å²) in [6, 6.07) is 1.80. The minimum Gasteiger partial charge on any atom is -0.369 e. The molecule has 0 aliphatic rings. The van der Waals surface area contributed by atoms with E-state index in [2.05, 4.69) is 26.2 Å². The fourth-order valence-electron chi connectivity index (χ4n) is 0.818. The molecule has 2 nitrogen and oxygen atoms in total. The second-order valence-corrected chi connectivity index (χ2v) is 4.15. The summed E-state index contributed by atoms with van der Waals surface area (Å²) in [5.41, 5.74) is 0. The van der Waals surface area contributed by atoms with Crippen LogP contribution in [0, 0.1) is 0 Å². The summed E-state index contributed by atoms with van der Waals surface area (Å²) in [7, 11) is 0. The first-order chi connectivity index (χ1) is 6.24. The molecule has 0 aliphatic heterocycles. The summed E-state index contributed by atoms with van der Waals surface area (Å²) < 4.78 is 0.875. The third-order valence-corrected chi connectivity index (χ3v) is 2.40. The largest absolute Gasteiger partial charge is 0.369 e. The van der Waals surface area contributed by atoms with Crippen LogP contribution in [0.4, 0.5) is 5.82 Å². The van der Waals surface area contributed by atoms with Gasteiger partial charge in [0.2, 0.25) is 0 Å². The van der Waals surface area contributed by atoms with E-state index in [1.165, 1.54) is 0 Å². The van der Waals surface area contributed by atoms with Crippen LogP contribution in [0.2, 0.25) is 5.02 Å². The molecular formula is C8H9BrCl2N2. The SMILES string of the molecule is ClCCCNc1ncc(Br)cc1Cl. The zero-order valence-corrected chi connectivity index (χ0v) is 9.95. The Morgan fingerprint density at radius 2 is 2.31 bits per heavy atom. The molecule has 1 aromatic heterocycles. The number of hydrogen-bond acceptors (Lipinski definition) is 2. The van der Waals surface area contributed by atoms with Crippen molar-refractivity contribution in [2.75, 3.05) is 17.7 Å². The van der Waals surface area contributed by atoms with Gasteiger partial charge < -0.3 is 5.32 Å². The summed E-state index contributed by atoms with van der Waals surface area (Å²) in [4.78, 5) is 4.12. The van der Waals surface area contributed by atoms with E-state index in [0.717, 1.165) is 17.4 Å². The average molecular weight is 284 g/mol. The van der Waals surface area contributed by atoms with Crippen LogP contribution in [-0.2, 0) is 0 Å². The third kappa shape index (κ3) is 3.71. The van der Waals surface area contributed by atoms with E-state index < -0.39 is 0 Å². The molecule has 13 heavy (non-hydrogen) atoms. The van der Waals surface area contributed by atoms with Crippen molar-refractivity contribution in [3.8, 4) is 0 Å². The van der Waals surface area contributed by atoms with E-state index >= 15 is 0 Å². The number of pyridine rings is 1. The van der Waals surface area contributed by atoms with Crippen LogP contribution in [0.25, 0.3) is 0 Å². The number of anilines is 1. The van der Waals surface area contributed by atoms with Gasteiger partial charge in [0.25, 0.3) is 0 Å². The maximum Gasteiger partial charge on any atom is 0.144 e. The molecule has 1 heterocycles. The average Bonchev–Trinajstić information content (AvgIpc) is 2.09. The highest BCUT2D eigenvalue weighted by molar-refractivity contribution is 9.10. The normalized spacial score (nSPS) is 10.1. The van der Waals surface area contributed by atoms with Gasteiger partial charge in [0.15, 0.2) is 0 Å². The van der Waals surface area contributed by atoms with Crippen molar-refractivity contribution in [2.24, 2.45) is 0 Å². The van der Waals surface area contributed by atoms with Crippen LogP contribution < -0.4 is 5.32 Å². The van der Waals surface area contributed by atoms with E-state index in [4.69, 9.17) is 23.2 Å². The summed E-state index contributed by atoms with van der Waals surface area (Å²) in [6.45, 7) is 0.790. The van der Waals surface area contributed by atoms with Crippen molar-refractivity contribution in [2.45, 2.75) is 6.42 Å². The Kier molecular flexibility index (Phi) is 4.84. The Hall–Kier alpha value is 0.01000. The van der Waals surface area contributed by atoms with E-state index in [1.54, 1.807) is 12.3 Å². The monoisotopic (exact) mass is 282 g/mol. The maximum absolute atomic E-state index is 5.92. The van der Waals surface area contributed by atoms with Gasteiger partial charge in [-0.1, -0.05) is 11.6 Å². The lowest BCUT2D eigenvalue weighted by molar-refractivity contribution is 0.976. The molecular weight excluding hydrogens is 275 g/mol. The van der Waals surface area contributed by atoms with Gasteiger partial charge in [-0.05, 0) is 28.4 Å². The number of alkyl halides is 1. The van der Waals surface area contributed by atoms with Crippen LogP contribution >= 0.6 is 39.1 Å². The van der Waals surface area contributed by atoms with Gasteiger partial charge in [-0.15, -0.1) is 11.6 Å². The number of aromatic nitrogens is 1. The minimum atomic E-state index is 0.615. The first-order valence-electron chi connectivity index (χ1n) is 3.85. The van der Waals surface area contributed by atoms with E-state index in [0.29, 0.717) is 16.7 Å². The van der Waals surface area contributed by atoms with Crippen molar-refractivity contribution in [1.82, 2.24) is 4.98 Å². The van der Waals surface area contributed by atoms with Crippen molar-refractivity contribution in [3.63, 3.8) is 0 Å². The molecule has 1 rings (SSSR count). The molecule has 5 heteroatoms. The first-order valence-corrected chi connectivity index (χ1v) is 5.55. The van der Waals surface area contributed by atoms with Crippen LogP contribution in [0.3, 0.4) is 0 Å². The Morgan fingerprint density at radius 3 is 2.92 bits per heavy atom. The Morgan fingerprint density at radius 1 is 1.54 bits per heavy atom. The Balaban J connectivity index is 2.56. The number of nitrogens with zero attached hydrogens (tertiary/aromatic N) is 1. The lowest BCUT2D eigenvalue weighted by Crippen LogP contribution is -2.04. The van der Waals surface area contributed by atoms with Crippen LogP contribution in [0.5, 0.6) is 0 Å². The van der Waals surface area contributed by atoms with Crippen LogP contribution in [0.15, 0.2) is 16.7 Å². The van der Waals surface area contributed by atoms with Gasteiger partial charge in [0.1, 0.15) is 5.82 Å². The highest BCUT2D eigenvalue weighted by Gasteiger charge is 2.00. The zero-order chi connectivity index (χ0) is 9.68. The summed E-state index contributed by atoms with van der Waals surface area (Å²) in [6.07, 6.45) is 2.60. The maximum atomic E-state index is 5.92. The van der Waals surface area contributed by atoms with Crippen LogP contribution in [0.1, 0.15) is 6.42 Å². The summed E-state index contributed by atoms with van der Waals surface area (Å²) >= 11 is 14.7. The fourth-order valence-corrected chi connectivity index (χ4v) is 1.65. The predicted octanol–water partition coefficient (Wildman–Crippen LogP) is 3.54. The second-order valence-electron chi connectivity index (χ2n) is 2.45.